The second-order valence-electron chi connectivity index (χ2n) is 4.22. The molecule has 21 heavy (non-hydrogen) atoms. The highest BCUT2D eigenvalue weighted by Crippen LogP contribution is 2.29. The SMILES string of the molecule is Cc1nc(N)nc(COc2ccc(Br)cc2Br)c1C(N)=O. The molecule has 0 fully saturated rings. The first kappa shape index (κ1) is 15.7. The molecule has 0 spiro atoms. The molecular formula is C13H12Br2N4O2. The topological polar surface area (TPSA) is 104 Å². The van der Waals surface area contributed by atoms with Crippen molar-refractivity contribution in [2.45, 2.75) is 13.5 Å². The fourth-order valence-electron chi connectivity index (χ4n) is 1.82. The van der Waals surface area contributed by atoms with Crippen LogP contribution in [0.2, 0.25) is 0 Å². The van der Waals surface area contributed by atoms with E-state index in [9.17, 15) is 4.79 Å². The number of anilines is 1. The zero-order chi connectivity index (χ0) is 15.6. The summed E-state index contributed by atoms with van der Waals surface area (Å²) in [6, 6.07) is 5.48. The van der Waals surface area contributed by atoms with E-state index in [0.29, 0.717) is 17.1 Å². The van der Waals surface area contributed by atoms with E-state index >= 15 is 0 Å². The average Bonchev–Trinajstić information content (AvgIpc) is 2.36. The predicted molar refractivity (Wildman–Crippen MR) is 85.9 cm³/mol. The van der Waals surface area contributed by atoms with Crippen molar-refractivity contribution in [3.8, 4) is 5.75 Å². The number of nitrogen functional groups attached to an aromatic ring is 1. The second-order valence-corrected chi connectivity index (χ2v) is 5.99. The number of ether oxygens (including phenoxy) is 1. The van der Waals surface area contributed by atoms with Gasteiger partial charge in [-0.25, -0.2) is 9.97 Å². The van der Waals surface area contributed by atoms with Gasteiger partial charge in [-0.05, 0) is 41.1 Å². The Morgan fingerprint density at radius 2 is 2.05 bits per heavy atom. The van der Waals surface area contributed by atoms with Gasteiger partial charge in [-0.2, -0.15) is 0 Å². The fourth-order valence-corrected chi connectivity index (χ4v) is 2.98. The Kier molecular flexibility index (Phi) is 4.79. The first-order valence-electron chi connectivity index (χ1n) is 5.89. The third kappa shape index (κ3) is 3.70. The zero-order valence-corrected chi connectivity index (χ0v) is 14.2. The molecule has 1 amide bonds. The number of primary amides is 1. The number of benzene rings is 1. The highest BCUT2D eigenvalue weighted by Gasteiger charge is 2.16. The van der Waals surface area contributed by atoms with Gasteiger partial charge in [0, 0.05) is 4.47 Å². The molecule has 110 valence electrons. The van der Waals surface area contributed by atoms with Gasteiger partial charge in [0.05, 0.1) is 21.4 Å². The Morgan fingerprint density at radius 1 is 1.33 bits per heavy atom. The minimum atomic E-state index is -0.610. The van der Waals surface area contributed by atoms with Gasteiger partial charge in [0.1, 0.15) is 12.4 Å². The standard InChI is InChI=1S/C13H12Br2N4O2/c1-6-11(12(16)20)9(19-13(17)18-6)5-21-10-3-2-7(14)4-8(10)15/h2-4H,5H2,1H3,(H2,16,20)(H2,17,18,19). The molecule has 0 aliphatic carbocycles. The third-order valence-electron chi connectivity index (χ3n) is 2.69. The van der Waals surface area contributed by atoms with E-state index in [2.05, 4.69) is 41.8 Å². The van der Waals surface area contributed by atoms with Crippen LogP contribution in [0.4, 0.5) is 5.95 Å². The van der Waals surface area contributed by atoms with Crippen molar-refractivity contribution in [3.63, 3.8) is 0 Å². The lowest BCUT2D eigenvalue weighted by Crippen LogP contribution is -2.20. The van der Waals surface area contributed by atoms with Crippen LogP contribution in [0.25, 0.3) is 0 Å². The minimum Gasteiger partial charge on any atom is -0.486 e. The normalized spacial score (nSPS) is 10.4. The molecule has 0 saturated heterocycles. The first-order valence-corrected chi connectivity index (χ1v) is 7.47. The molecule has 1 aromatic heterocycles. The number of hydrogen-bond donors (Lipinski definition) is 2. The summed E-state index contributed by atoms with van der Waals surface area (Å²) in [6.45, 7) is 1.71. The predicted octanol–water partition coefficient (Wildman–Crippen LogP) is 2.57. The van der Waals surface area contributed by atoms with Crippen LogP contribution < -0.4 is 16.2 Å². The third-order valence-corrected chi connectivity index (χ3v) is 3.80. The molecule has 0 aliphatic heterocycles. The number of nitrogens with two attached hydrogens (primary N) is 2. The largest absolute Gasteiger partial charge is 0.486 e. The van der Waals surface area contributed by atoms with Crippen molar-refractivity contribution in [2.75, 3.05) is 5.73 Å². The van der Waals surface area contributed by atoms with Crippen LogP contribution in [-0.2, 0) is 6.61 Å². The van der Waals surface area contributed by atoms with Crippen LogP contribution in [0.5, 0.6) is 5.75 Å². The summed E-state index contributed by atoms with van der Waals surface area (Å²) in [7, 11) is 0. The van der Waals surface area contributed by atoms with Gasteiger partial charge in [0.15, 0.2) is 0 Å². The Labute approximate surface area is 138 Å². The number of aromatic nitrogens is 2. The molecule has 0 saturated carbocycles. The highest BCUT2D eigenvalue weighted by atomic mass is 79.9. The monoisotopic (exact) mass is 414 g/mol. The Hall–Kier alpha value is -1.67. The van der Waals surface area contributed by atoms with Crippen molar-refractivity contribution in [2.24, 2.45) is 5.73 Å². The lowest BCUT2D eigenvalue weighted by Gasteiger charge is -2.12. The maximum Gasteiger partial charge on any atom is 0.252 e. The van der Waals surface area contributed by atoms with Crippen LogP contribution in [0, 0.1) is 6.92 Å². The molecule has 0 unspecified atom stereocenters. The van der Waals surface area contributed by atoms with Gasteiger partial charge in [0.2, 0.25) is 5.95 Å². The van der Waals surface area contributed by atoms with Gasteiger partial charge >= 0.3 is 0 Å². The van der Waals surface area contributed by atoms with Gasteiger partial charge in [-0.1, -0.05) is 15.9 Å². The van der Waals surface area contributed by atoms with E-state index in [1.54, 1.807) is 13.0 Å². The van der Waals surface area contributed by atoms with Crippen LogP contribution in [0.3, 0.4) is 0 Å². The molecule has 0 aliphatic rings. The molecular weight excluding hydrogens is 404 g/mol. The summed E-state index contributed by atoms with van der Waals surface area (Å²) in [5.41, 5.74) is 12.0. The number of halogens is 2. The number of nitrogens with zero attached hydrogens (tertiary/aromatic N) is 2. The number of rotatable bonds is 4. The summed E-state index contributed by atoms with van der Waals surface area (Å²) >= 11 is 6.75. The van der Waals surface area contributed by atoms with Crippen molar-refractivity contribution < 1.29 is 9.53 Å². The Morgan fingerprint density at radius 3 is 2.67 bits per heavy atom. The number of carbonyl (C=O) groups is 1. The van der Waals surface area contributed by atoms with Crippen molar-refractivity contribution in [1.29, 1.82) is 0 Å². The number of amides is 1. The van der Waals surface area contributed by atoms with Crippen LogP contribution in [0.15, 0.2) is 27.1 Å². The van der Waals surface area contributed by atoms with Crippen molar-refractivity contribution in [1.82, 2.24) is 9.97 Å². The molecule has 1 heterocycles. The van der Waals surface area contributed by atoms with Gasteiger partial charge in [-0.3, -0.25) is 4.79 Å². The average molecular weight is 416 g/mol. The van der Waals surface area contributed by atoms with Crippen LogP contribution in [0.1, 0.15) is 21.7 Å². The molecule has 4 N–H and O–H groups in total. The second kappa shape index (κ2) is 6.40. The van der Waals surface area contributed by atoms with E-state index in [1.807, 2.05) is 12.1 Å². The van der Waals surface area contributed by atoms with Gasteiger partial charge < -0.3 is 16.2 Å². The lowest BCUT2D eigenvalue weighted by molar-refractivity contribution is 0.0996. The van der Waals surface area contributed by atoms with Crippen molar-refractivity contribution >= 4 is 43.7 Å². The quantitative estimate of drug-likeness (QED) is 0.798. The maximum atomic E-state index is 11.5. The van der Waals surface area contributed by atoms with Crippen LogP contribution >= 0.6 is 31.9 Å². The van der Waals surface area contributed by atoms with E-state index in [-0.39, 0.29) is 18.1 Å². The molecule has 2 aromatic rings. The van der Waals surface area contributed by atoms with Crippen molar-refractivity contribution in [3.05, 3.63) is 44.1 Å². The molecule has 0 radical (unpaired) electrons. The number of aryl methyl sites for hydroxylation is 1. The molecule has 6 nitrogen and oxygen atoms in total. The smallest absolute Gasteiger partial charge is 0.252 e. The molecule has 8 heteroatoms. The minimum absolute atomic E-state index is 0.0616. The summed E-state index contributed by atoms with van der Waals surface area (Å²) in [5, 5.41) is 0. The molecule has 0 atom stereocenters. The van der Waals surface area contributed by atoms with E-state index in [0.717, 1.165) is 8.95 Å². The summed E-state index contributed by atoms with van der Waals surface area (Å²) < 4.78 is 7.35. The van der Waals surface area contributed by atoms with E-state index in [4.69, 9.17) is 16.2 Å². The lowest BCUT2D eigenvalue weighted by atomic mass is 10.1. The fraction of sp³-hybridized carbons (Fsp3) is 0.154. The molecule has 0 bridgehead atoms. The number of hydrogen-bond acceptors (Lipinski definition) is 5. The van der Waals surface area contributed by atoms with Gasteiger partial charge in [0.25, 0.3) is 5.91 Å². The zero-order valence-electron chi connectivity index (χ0n) is 11.1. The summed E-state index contributed by atoms with van der Waals surface area (Å²) in [6.07, 6.45) is 0. The highest BCUT2D eigenvalue weighted by molar-refractivity contribution is 9.11. The van der Waals surface area contributed by atoms with Crippen LogP contribution in [-0.4, -0.2) is 15.9 Å². The van der Waals surface area contributed by atoms with Gasteiger partial charge in [-0.15, -0.1) is 0 Å². The number of carbonyl (C=O) groups excluding carboxylic acids is 1. The molecule has 2 rings (SSSR count). The Bertz CT molecular complexity index is 707. The summed E-state index contributed by atoms with van der Waals surface area (Å²) in [5.74, 6) is 0.0791. The van der Waals surface area contributed by atoms with E-state index < -0.39 is 5.91 Å². The maximum absolute atomic E-state index is 11.5. The molecule has 1 aromatic carbocycles. The Balaban J connectivity index is 2.29. The first-order chi connectivity index (χ1) is 9.88. The summed E-state index contributed by atoms with van der Waals surface area (Å²) in [4.78, 5) is 19.5. The van der Waals surface area contributed by atoms with E-state index in [1.165, 1.54) is 0 Å².